The Balaban J connectivity index is 0.00000192. The smallest absolute Gasteiger partial charge is 0.264 e. The van der Waals surface area contributed by atoms with E-state index in [2.05, 4.69) is 5.32 Å². The van der Waals surface area contributed by atoms with Gasteiger partial charge in [0.1, 0.15) is 11.2 Å². The molecule has 1 aromatic carbocycles. The normalized spacial score (nSPS) is 25.2. The number of alkyl halides is 2. The highest BCUT2D eigenvalue weighted by Gasteiger charge is 2.78. The summed E-state index contributed by atoms with van der Waals surface area (Å²) in [6, 6.07) is 4.49. The van der Waals surface area contributed by atoms with Crippen molar-refractivity contribution in [2.24, 2.45) is 17.1 Å². The largest absolute Gasteiger partial charge is 0.351 e. The molecule has 2 saturated carbocycles. The summed E-state index contributed by atoms with van der Waals surface area (Å²) >= 11 is 0. The van der Waals surface area contributed by atoms with Crippen LogP contribution in [0.5, 0.6) is 0 Å². The minimum absolute atomic E-state index is 0. The van der Waals surface area contributed by atoms with Crippen LogP contribution in [0.25, 0.3) is 0 Å². The van der Waals surface area contributed by atoms with Crippen molar-refractivity contribution in [1.29, 1.82) is 0 Å². The van der Waals surface area contributed by atoms with Crippen molar-refractivity contribution < 1.29 is 18.0 Å². The molecule has 128 valence electrons. The first-order valence-corrected chi connectivity index (χ1v) is 7.54. The first kappa shape index (κ1) is 18.1. The predicted molar refractivity (Wildman–Crippen MR) is 82.7 cm³/mol. The van der Waals surface area contributed by atoms with Gasteiger partial charge in [0.25, 0.3) is 5.92 Å². The van der Waals surface area contributed by atoms with Gasteiger partial charge in [0.15, 0.2) is 0 Å². The van der Waals surface area contributed by atoms with Crippen LogP contribution in [0.15, 0.2) is 18.2 Å². The molecule has 1 amide bonds. The number of carbonyl (C=O) groups is 1. The third-order valence-corrected chi connectivity index (χ3v) is 5.03. The number of hydrogen-bond acceptors (Lipinski definition) is 2. The van der Waals surface area contributed by atoms with Crippen LogP contribution >= 0.6 is 12.4 Å². The topological polar surface area (TPSA) is 55.1 Å². The number of rotatable bonds is 5. The zero-order chi connectivity index (χ0) is 16.0. The van der Waals surface area contributed by atoms with E-state index >= 15 is 0 Å². The molecule has 1 atom stereocenters. The number of nitrogens with two attached hydrogens (primary N) is 1. The Kier molecular flexibility index (Phi) is 4.97. The lowest BCUT2D eigenvalue weighted by molar-refractivity contribution is -0.135. The van der Waals surface area contributed by atoms with E-state index in [1.54, 1.807) is 6.07 Å². The first-order chi connectivity index (χ1) is 10.4. The molecule has 0 bridgehead atoms. The van der Waals surface area contributed by atoms with Crippen LogP contribution in [-0.4, -0.2) is 11.8 Å². The molecule has 23 heavy (non-hydrogen) atoms. The van der Waals surface area contributed by atoms with E-state index < -0.39 is 23.1 Å². The minimum Gasteiger partial charge on any atom is -0.351 e. The highest BCUT2D eigenvalue weighted by Crippen LogP contribution is 2.68. The van der Waals surface area contributed by atoms with Gasteiger partial charge in [0, 0.05) is 25.1 Å². The maximum atomic E-state index is 13.8. The lowest BCUT2D eigenvalue weighted by Crippen LogP contribution is -2.42. The molecule has 0 spiro atoms. The molecular weight excluding hydrogens is 329 g/mol. The fourth-order valence-corrected chi connectivity index (χ4v) is 3.28. The fourth-order valence-electron chi connectivity index (χ4n) is 3.28. The number of halogens is 4. The van der Waals surface area contributed by atoms with Crippen LogP contribution in [0.1, 0.15) is 36.8 Å². The molecule has 3 rings (SSSR count). The molecule has 0 radical (unpaired) electrons. The third-order valence-electron chi connectivity index (χ3n) is 5.03. The first-order valence-electron chi connectivity index (χ1n) is 7.54. The number of carbonyl (C=O) groups excluding carboxylic acids is 1. The average molecular weight is 349 g/mol. The number of benzene rings is 1. The van der Waals surface area contributed by atoms with Gasteiger partial charge in [0.2, 0.25) is 5.91 Å². The second kappa shape index (κ2) is 6.32. The minimum atomic E-state index is -2.93. The second-order valence-electron chi connectivity index (χ2n) is 6.29. The van der Waals surface area contributed by atoms with Crippen LogP contribution in [-0.2, 0) is 17.9 Å². The molecule has 1 aromatic rings. The zero-order valence-electron chi connectivity index (χ0n) is 12.6. The molecule has 3 N–H and O–H groups in total. The van der Waals surface area contributed by atoms with Gasteiger partial charge in [0.05, 0.1) is 0 Å². The van der Waals surface area contributed by atoms with Crippen molar-refractivity contribution in [2.75, 3.05) is 0 Å². The molecule has 7 heteroatoms. The molecular formula is C16H20ClF3N2O. The van der Waals surface area contributed by atoms with Crippen LogP contribution < -0.4 is 11.1 Å². The van der Waals surface area contributed by atoms with E-state index in [1.165, 1.54) is 12.1 Å². The summed E-state index contributed by atoms with van der Waals surface area (Å²) in [4.78, 5) is 12.3. The molecule has 1 unspecified atom stereocenters. The van der Waals surface area contributed by atoms with Crippen LogP contribution in [0.2, 0.25) is 0 Å². The van der Waals surface area contributed by atoms with Gasteiger partial charge in [-0.15, -0.1) is 12.4 Å². The molecule has 2 fully saturated rings. The summed E-state index contributed by atoms with van der Waals surface area (Å²) in [5.74, 6) is -4.30. The van der Waals surface area contributed by atoms with Gasteiger partial charge in [-0.25, -0.2) is 13.2 Å². The Morgan fingerprint density at radius 3 is 2.43 bits per heavy atom. The predicted octanol–water partition coefficient (Wildman–Crippen LogP) is 3.15. The van der Waals surface area contributed by atoms with Crippen LogP contribution in [0, 0.1) is 17.2 Å². The SMILES string of the molecule is Cl.NCc1ccc(CNC(=O)C2(C3CCC3)CC2(F)F)c(F)c1. The van der Waals surface area contributed by atoms with E-state index in [4.69, 9.17) is 5.73 Å². The van der Waals surface area contributed by atoms with E-state index in [-0.39, 0.29) is 43.4 Å². The molecule has 3 nitrogen and oxygen atoms in total. The van der Waals surface area contributed by atoms with Gasteiger partial charge in [-0.2, -0.15) is 0 Å². The van der Waals surface area contributed by atoms with E-state index in [9.17, 15) is 18.0 Å². The van der Waals surface area contributed by atoms with Gasteiger partial charge in [-0.3, -0.25) is 4.79 Å². The molecule has 0 heterocycles. The van der Waals surface area contributed by atoms with Crippen LogP contribution in [0.3, 0.4) is 0 Å². The Morgan fingerprint density at radius 2 is 2.00 bits per heavy atom. The standard InChI is InChI=1S/C16H19F3N2O.ClH/c17-13-6-10(7-20)4-5-11(13)8-21-14(22)15(9-16(15,18)19)12-2-1-3-12;/h4-6,12H,1-3,7-9,20H2,(H,21,22);1H. The third kappa shape index (κ3) is 2.94. The van der Waals surface area contributed by atoms with Crippen molar-refractivity contribution in [3.8, 4) is 0 Å². The second-order valence-corrected chi connectivity index (χ2v) is 6.29. The molecule has 0 saturated heterocycles. The average Bonchev–Trinajstić information content (AvgIpc) is 2.98. The number of hydrogen-bond donors (Lipinski definition) is 2. The number of amides is 1. The molecule has 2 aliphatic rings. The summed E-state index contributed by atoms with van der Waals surface area (Å²) in [6.45, 7) is 0.140. The van der Waals surface area contributed by atoms with E-state index in [0.29, 0.717) is 18.4 Å². The van der Waals surface area contributed by atoms with Crippen molar-refractivity contribution >= 4 is 18.3 Å². The molecule has 2 aliphatic carbocycles. The highest BCUT2D eigenvalue weighted by molar-refractivity contribution is 5.88. The van der Waals surface area contributed by atoms with Crippen molar-refractivity contribution in [3.63, 3.8) is 0 Å². The summed E-state index contributed by atoms with van der Waals surface area (Å²) in [6.07, 6.45) is 1.85. The monoisotopic (exact) mass is 348 g/mol. The van der Waals surface area contributed by atoms with Gasteiger partial charge in [-0.1, -0.05) is 18.6 Å². The van der Waals surface area contributed by atoms with Crippen molar-refractivity contribution in [1.82, 2.24) is 5.32 Å². The Hall–Kier alpha value is -1.27. The van der Waals surface area contributed by atoms with Crippen molar-refractivity contribution in [3.05, 3.63) is 35.1 Å². The Morgan fingerprint density at radius 1 is 1.35 bits per heavy atom. The summed E-state index contributed by atoms with van der Waals surface area (Å²) in [5.41, 5.74) is 4.79. The summed E-state index contributed by atoms with van der Waals surface area (Å²) in [5, 5.41) is 2.49. The lowest BCUT2D eigenvalue weighted by Gasteiger charge is -2.33. The lowest BCUT2D eigenvalue weighted by atomic mass is 9.72. The van der Waals surface area contributed by atoms with Crippen LogP contribution in [0.4, 0.5) is 13.2 Å². The number of nitrogens with one attached hydrogen (secondary N) is 1. The van der Waals surface area contributed by atoms with Gasteiger partial charge < -0.3 is 11.1 Å². The maximum Gasteiger partial charge on any atom is 0.264 e. The van der Waals surface area contributed by atoms with Gasteiger partial charge in [-0.05, 0) is 30.4 Å². The Bertz CT molecular complexity index is 607. The molecule has 0 aromatic heterocycles. The highest BCUT2D eigenvalue weighted by atomic mass is 35.5. The quantitative estimate of drug-likeness (QED) is 0.859. The fraction of sp³-hybridized carbons (Fsp3) is 0.562. The van der Waals surface area contributed by atoms with E-state index in [1.807, 2.05) is 0 Å². The van der Waals surface area contributed by atoms with E-state index in [0.717, 1.165) is 6.42 Å². The zero-order valence-corrected chi connectivity index (χ0v) is 13.4. The molecule has 0 aliphatic heterocycles. The summed E-state index contributed by atoms with van der Waals surface area (Å²) in [7, 11) is 0. The maximum absolute atomic E-state index is 13.8. The summed E-state index contributed by atoms with van der Waals surface area (Å²) < 4.78 is 41.3. The van der Waals surface area contributed by atoms with Crippen molar-refractivity contribution in [2.45, 2.75) is 44.7 Å². The Labute approximate surface area is 139 Å². The van der Waals surface area contributed by atoms with Gasteiger partial charge >= 0.3 is 0 Å².